The molecule has 2 aliphatic rings. The van der Waals surface area contributed by atoms with Gasteiger partial charge in [0, 0.05) is 32.6 Å². The third-order valence-corrected chi connectivity index (χ3v) is 5.82. The van der Waals surface area contributed by atoms with E-state index in [4.69, 9.17) is 4.42 Å². The number of likely N-dealkylation sites (tertiary alicyclic amines) is 1. The molecule has 0 unspecified atom stereocenters. The number of carbonyl (C=O) groups excluding carboxylic acids is 1. The maximum atomic E-state index is 12.4. The second kappa shape index (κ2) is 8.86. The summed E-state index contributed by atoms with van der Waals surface area (Å²) in [5, 5.41) is 0. The Morgan fingerprint density at radius 2 is 1.80 bits per heavy atom. The number of carbonyl (C=O) groups is 1. The maximum absolute atomic E-state index is 12.4. The predicted molar refractivity (Wildman–Crippen MR) is 99.4 cm³/mol. The Kier molecular flexibility index (Phi) is 6.54. The summed E-state index contributed by atoms with van der Waals surface area (Å²) in [5.74, 6) is 3.13. The van der Waals surface area contributed by atoms with Crippen molar-refractivity contribution in [1.29, 1.82) is 0 Å². The Balaban J connectivity index is 1.33. The van der Waals surface area contributed by atoms with Crippen molar-refractivity contribution in [3.05, 3.63) is 23.7 Å². The minimum atomic E-state index is 0.365. The summed E-state index contributed by atoms with van der Waals surface area (Å²) in [5.41, 5.74) is 0. The first-order chi connectivity index (χ1) is 12.1. The van der Waals surface area contributed by atoms with Gasteiger partial charge in [0.2, 0.25) is 5.91 Å². The van der Waals surface area contributed by atoms with E-state index in [1.165, 1.54) is 12.8 Å². The highest BCUT2D eigenvalue weighted by atomic mass is 16.3. The van der Waals surface area contributed by atoms with Crippen LogP contribution in [0.5, 0.6) is 0 Å². The van der Waals surface area contributed by atoms with Crippen molar-refractivity contribution < 1.29 is 9.21 Å². The number of furan rings is 1. The average Bonchev–Trinajstić information content (AvgIpc) is 3.05. The van der Waals surface area contributed by atoms with E-state index in [0.29, 0.717) is 11.8 Å². The number of hydrogen-bond acceptors (Lipinski definition) is 4. The number of likely N-dealkylation sites (N-methyl/N-ethyl adjacent to an activating group) is 1. The van der Waals surface area contributed by atoms with Crippen LogP contribution in [0, 0.1) is 12.8 Å². The lowest BCUT2D eigenvalue weighted by Gasteiger charge is -2.35. The fraction of sp³-hybridized carbons (Fsp3) is 0.750. The molecule has 3 heterocycles. The van der Waals surface area contributed by atoms with Gasteiger partial charge >= 0.3 is 0 Å². The van der Waals surface area contributed by atoms with Crippen LogP contribution in [0.15, 0.2) is 16.5 Å². The maximum Gasteiger partial charge on any atom is 0.222 e. The van der Waals surface area contributed by atoms with Crippen LogP contribution < -0.4 is 0 Å². The van der Waals surface area contributed by atoms with Gasteiger partial charge in [-0.15, -0.1) is 0 Å². The Labute approximate surface area is 151 Å². The van der Waals surface area contributed by atoms with Crippen LogP contribution in [0.4, 0.5) is 0 Å². The molecule has 0 saturated carbocycles. The Morgan fingerprint density at radius 3 is 2.40 bits per heavy atom. The van der Waals surface area contributed by atoms with E-state index in [2.05, 4.69) is 27.7 Å². The molecule has 2 fully saturated rings. The highest BCUT2D eigenvalue weighted by molar-refractivity contribution is 5.76. The smallest absolute Gasteiger partial charge is 0.222 e. The summed E-state index contributed by atoms with van der Waals surface area (Å²) in [6.07, 6.45) is 4.20. The van der Waals surface area contributed by atoms with Crippen LogP contribution in [0.1, 0.15) is 44.1 Å². The molecule has 140 valence electrons. The van der Waals surface area contributed by atoms with Crippen LogP contribution in [0.3, 0.4) is 0 Å². The Morgan fingerprint density at radius 1 is 1.08 bits per heavy atom. The molecule has 0 aliphatic carbocycles. The molecule has 0 N–H and O–H groups in total. The van der Waals surface area contributed by atoms with Crippen molar-refractivity contribution in [2.75, 3.05) is 45.8 Å². The van der Waals surface area contributed by atoms with E-state index in [1.54, 1.807) is 0 Å². The lowest BCUT2D eigenvalue weighted by Crippen LogP contribution is -2.48. The van der Waals surface area contributed by atoms with E-state index in [-0.39, 0.29) is 0 Å². The van der Waals surface area contributed by atoms with Crippen LogP contribution in [0.25, 0.3) is 0 Å². The molecule has 1 amide bonds. The van der Waals surface area contributed by atoms with Gasteiger partial charge in [-0.05, 0) is 63.9 Å². The van der Waals surface area contributed by atoms with E-state index < -0.39 is 0 Å². The molecule has 0 atom stereocenters. The van der Waals surface area contributed by atoms with Gasteiger partial charge in [-0.25, -0.2) is 0 Å². The molecule has 0 spiro atoms. The Bertz CT molecular complexity index is 541. The number of aryl methyl sites for hydroxylation is 1. The molecule has 2 saturated heterocycles. The van der Waals surface area contributed by atoms with Gasteiger partial charge < -0.3 is 14.2 Å². The van der Waals surface area contributed by atoms with E-state index >= 15 is 0 Å². The number of nitrogens with zero attached hydrogens (tertiary/aromatic N) is 3. The summed E-state index contributed by atoms with van der Waals surface area (Å²) < 4.78 is 5.68. The minimum Gasteiger partial charge on any atom is -0.465 e. The summed E-state index contributed by atoms with van der Waals surface area (Å²) in [6, 6.07) is 4.12. The van der Waals surface area contributed by atoms with Crippen molar-refractivity contribution in [3.63, 3.8) is 0 Å². The summed E-state index contributed by atoms with van der Waals surface area (Å²) in [4.78, 5) is 19.4. The van der Waals surface area contributed by atoms with Gasteiger partial charge in [-0.2, -0.15) is 0 Å². The molecular weight excluding hydrogens is 314 g/mol. The number of rotatable bonds is 6. The van der Waals surface area contributed by atoms with Gasteiger partial charge in [-0.3, -0.25) is 9.69 Å². The van der Waals surface area contributed by atoms with Crippen LogP contribution in [-0.2, 0) is 11.3 Å². The second-order valence-corrected chi connectivity index (χ2v) is 7.59. The third-order valence-electron chi connectivity index (χ3n) is 5.82. The number of amides is 1. The average molecular weight is 348 g/mol. The van der Waals surface area contributed by atoms with Crippen LogP contribution >= 0.6 is 0 Å². The number of piperidine rings is 1. The zero-order chi connectivity index (χ0) is 17.6. The summed E-state index contributed by atoms with van der Waals surface area (Å²) in [7, 11) is 0. The fourth-order valence-corrected chi connectivity index (χ4v) is 4.02. The monoisotopic (exact) mass is 347 g/mol. The topological polar surface area (TPSA) is 39.9 Å². The quantitative estimate of drug-likeness (QED) is 0.793. The van der Waals surface area contributed by atoms with E-state index in [0.717, 1.165) is 76.7 Å². The first kappa shape index (κ1) is 18.5. The van der Waals surface area contributed by atoms with Gasteiger partial charge in [0.1, 0.15) is 11.5 Å². The fourth-order valence-electron chi connectivity index (χ4n) is 4.02. The molecule has 25 heavy (non-hydrogen) atoms. The highest BCUT2D eigenvalue weighted by Crippen LogP contribution is 2.24. The highest BCUT2D eigenvalue weighted by Gasteiger charge is 2.23. The van der Waals surface area contributed by atoms with Crippen LogP contribution in [0.2, 0.25) is 0 Å². The van der Waals surface area contributed by atoms with Crippen molar-refractivity contribution >= 4 is 5.91 Å². The zero-order valence-corrected chi connectivity index (χ0v) is 15.9. The van der Waals surface area contributed by atoms with E-state index in [1.807, 2.05) is 13.0 Å². The largest absolute Gasteiger partial charge is 0.465 e. The normalized spacial score (nSPS) is 21.0. The van der Waals surface area contributed by atoms with Crippen molar-refractivity contribution in [2.45, 2.75) is 46.1 Å². The molecule has 0 bridgehead atoms. The summed E-state index contributed by atoms with van der Waals surface area (Å²) in [6.45, 7) is 12.3. The van der Waals surface area contributed by atoms with Crippen molar-refractivity contribution in [2.24, 2.45) is 5.92 Å². The molecule has 3 rings (SSSR count). The Hall–Kier alpha value is -1.33. The zero-order valence-electron chi connectivity index (χ0n) is 15.9. The molecular formula is C20H33N3O2. The molecule has 2 aliphatic heterocycles. The summed E-state index contributed by atoms with van der Waals surface area (Å²) >= 11 is 0. The van der Waals surface area contributed by atoms with Gasteiger partial charge in [0.15, 0.2) is 0 Å². The predicted octanol–water partition coefficient (Wildman–Crippen LogP) is 2.74. The molecule has 0 radical (unpaired) electrons. The number of hydrogen-bond donors (Lipinski definition) is 0. The molecule has 1 aromatic rings. The van der Waals surface area contributed by atoms with Crippen molar-refractivity contribution in [3.8, 4) is 0 Å². The van der Waals surface area contributed by atoms with Gasteiger partial charge in [0.05, 0.1) is 6.54 Å². The standard InChI is InChI=1S/C20H33N3O2/c1-3-21-12-14-23(15-13-21)20(24)7-5-18-8-10-22(11-9-18)16-19-6-4-17(2)25-19/h4,6,18H,3,5,7-16H2,1-2H3. The lowest BCUT2D eigenvalue weighted by atomic mass is 9.92. The molecule has 1 aromatic heterocycles. The molecule has 5 heteroatoms. The minimum absolute atomic E-state index is 0.365. The number of piperazine rings is 1. The SMILES string of the molecule is CCN1CCN(C(=O)CCC2CCN(Cc3ccc(C)o3)CC2)CC1. The lowest BCUT2D eigenvalue weighted by molar-refractivity contribution is -0.133. The van der Waals surface area contributed by atoms with Crippen molar-refractivity contribution in [1.82, 2.24) is 14.7 Å². The van der Waals surface area contributed by atoms with Crippen LogP contribution in [-0.4, -0.2) is 66.4 Å². The molecule has 0 aromatic carbocycles. The van der Waals surface area contributed by atoms with Gasteiger partial charge in [-0.1, -0.05) is 6.92 Å². The first-order valence-corrected chi connectivity index (χ1v) is 9.92. The second-order valence-electron chi connectivity index (χ2n) is 7.59. The molecule has 5 nitrogen and oxygen atoms in total. The third kappa shape index (κ3) is 5.32. The van der Waals surface area contributed by atoms with E-state index in [9.17, 15) is 4.79 Å². The first-order valence-electron chi connectivity index (χ1n) is 9.92. The van der Waals surface area contributed by atoms with Gasteiger partial charge in [0.25, 0.3) is 0 Å².